The van der Waals surface area contributed by atoms with Crippen molar-refractivity contribution in [1.29, 1.82) is 0 Å². The summed E-state index contributed by atoms with van der Waals surface area (Å²) in [4.78, 5) is 11.8. The van der Waals surface area contributed by atoms with Gasteiger partial charge in [0.2, 0.25) is 5.95 Å². The first-order valence-corrected chi connectivity index (χ1v) is 18.0. The number of para-hydroxylation sites is 2. The Morgan fingerprint density at radius 1 is 0.392 bits per heavy atom. The van der Waals surface area contributed by atoms with Gasteiger partial charge >= 0.3 is 0 Å². The van der Waals surface area contributed by atoms with Gasteiger partial charge in [-0.1, -0.05) is 133 Å². The van der Waals surface area contributed by atoms with Gasteiger partial charge in [-0.15, -0.1) is 11.3 Å². The molecule has 0 bridgehead atoms. The Hall–Kier alpha value is -6.56. The number of nitrogens with zero attached hydrogens (tertiary/aromatic N) is 4. The number of hydrogen-bond acceptors (Lipinski definition) is 3. The third-order valence-corrected chi connectivity index (χ3v) is 11.2. The predicted octanol–water partition coefficient (Wildman–Crippen LogP) is 12.4. The highest BCUT2D eigenvalue weighted by molar-refractivity contribution is 7.25. The van der Waals surface area contributed by atoms with Gasteiger partial charge in [0.1, 0.15) is 4.83 Å². The zero-order chi connectivity index (χ0) is 33.5. The Morgan fingerprint density at radius 2 is 1.00 bits per heavy atom. The minimum atomic E-state index is 0.674. The Kier molecular flexibility index (Phi) is 6.09. The molecule has 0 fully saturated rings. The van der Waals surface area contributed by atoms with Gasteiger partial charge in [-0.3, -0.25) is 4.57 Å². The van der Waals surface area contributed by atoms with Crippen LogP contribution in [0.15, 0.2) is 170 Å². The van der Waals surface area contributed by atoms with Gasteiger partial charge in [0, 0.05) is 48.3 Å². The van der Waals surface area contributed by atoms with Gasteiger partial charge in [-0.05, 0) is 47.5 Å². The van der Waals surface area contributed by atoms with Crippen LogP contribution in [0.2, 0.25) is 0 Å². The lowest BCUT2D eigenvalue weighted by Gasteiger charge is -2.11. The van der Waals surface area contributed by atoms with Gasteiger partial charge < -0.3 is 4.57 Å². The Balaban J connectivity index is 1.24. The average Bonchev–Trinajstić information content (AvgIpc) is 3.86. The standard InChI is InChI=1S/C46H28N4S/c1-3-13-29(14-4-1)30-23-25-32(26-24-30)49-37-20-10-7-17-33(37)34-27-28-39-41(44(34)49)35-18-8-11-21-38(35)50(39)46-47-43(31-15-5-2-6-16-31)42-36-19-9-12-22-40(36)51-45(42)48-46/h1-28H. The SMILES string of the molecule is c1ccc(-c2ccc(-n3c4ccccc4c4ccc5c(c6ccccc6n5-c5nc(-c6ccccc6)c6c(n5)sc5ccccc56)c43)cc2)cc1. The van der Waals surface area contributed by atoms with Crippen LogP contribution in [0.3, 0.4) is 0 Å². The fourth-order valence-corrected chi connectivity index (χ4v) is 9.01. The van der Waals surface area contributed by atoms with Gasteiger partial charge in [0.25, 0.3) is 0 Å². The van der Waals surface area contributed by atoms with E-state index in [1.54, 1.807) is 11.3 Å². The lowest BCUT2D eigenvalue weighted by atomic mass is 10.1. The number of thiophene rings is 1. The molecule has 0 N–H and O–H groups in total. The van der Waals surface area contributed by atoms with Crippen molar-refractivity contribution in [1.82, 2.24) is 19.1 Å². The largest absolute Gasteiger partial charge is 0.309 e. The summed E-state index contributed by atoms with van der Waals surface area (Å²) < 4.78 is 5.91. The highest BCUT2D eigenvalue weighted by Gasteiger charge is 2.23. The summed E-state index contributed by atoms with van der Waals surface area (Å²) in [7, 11) is 0. The third kappa shape index (κ3) is 4.19. The molecule has 4 aromatic heterocycles. The zero-order valence-corrected chi connectivity index (χ0v) is 28.2. The number of benzene rings is 7. The first-order chi connectivity index (χ1) is 25.3. The van der Waals surface area contributed by atoms with Crippen LogP contribution >= 0.6 is 11.3 Å². The molecular weight excluding hydrogens is 641 g/mol. The second-order valence-corrected chi connectivity index (χ2v) is 14.0. The summed E-state index contributed by atoms with van der Waals surface area (Å²) in [5.74, 6) is 0.674. The molecule has 0 spiro atoms. The van der Waals surface area contributed by atoms with Crippen molar-refractivity contribution in [3.8, 4) is 34.0 Å². The second kappa shape index (κ2) is 11.0. The maximum atomic E-state index is 5.43. The van der Waals surface area contributed by atoms with Gasteiger partial charge in [-0.2, -0.15) is 0 Å². The first-order valence-electron chi connectivity index (χ1n) is 17.2. The van der Waals surface area contributed by atoms with Crippen LogP contribution in [0.4, 0.5) is 0 Å². The highest BCUT2D eigenvalue weighted by Crippen LogP contribution is 2.43. The minimum absolute atomic E-state index is 0.674. The highest BCUT2D eigenvalue weighted by atomic mass is 32.1. The van der Waals surface area contributed by atoms with Crippen LogP contribution in [0.25, 0.3) is 97.9 Å². The lowest BCUT2D eigenvalue weighted by Crippen LogP contribution is -2.02. The molecule has 0 amide bonds. The van der Waals surface area contributed by atoms with Crippen LogP contribution in [-0.2, 0) is 0 Å². The van der Waals surface area contributed by atoms with Crippen LogP contribution < -0.4 is 0 Å². The molecular formula is C46H28N4S. The molecule has 11 aromatic rings. The van der Waals surface area contributed by atoms with Crippen molar-refractivity contribution in [3.05, 3.63) is 170 Å². The van der Waals surface area contributed by atoms with Crippen LogP contribution in [0.5, 0.6) is 0 Å². The van der Waals surface area contributed by atoms with E-state index in [0.717, 1.165) is 38.2 Å². The van der Waals surface area contributed by atoms with E-state index in [0.29, 0.717) is 5.95 Å². The number of aromatic nitrogens is 4. The first kappa shape index (κ1) is 28.3. The van der Waals surface area contributed by atoms with Crippen molar-refractivity contribution in [2.45, 2.75) is 0 Å². The second-order valence-electron chi connectivity index (χ2n) is 13.0. The molecule has 0 atom stereocenters. The van der Waals surface area contributed by atoms with E-state index < -0.39 is 0 Å². The van der Waals surface area contributed by atoms with Crippen molar-refractivity contribution in [3.63, 3.8) is 0 Å². The van der Waals surface area contributed by atoms with E-state index in [1.165, 1.54) is 53.8 Å². The normalized spacial score (nSPS) is 11.9. The molecule has 0 saturated carbocycles. The Morgan fingerprint density at radius 3 is 1.76 bits per heavy atom. The zero-order valence-electron chi connectivity index (χ0n) is 27.4. The number of fused-ring (bicyclic) bond motifs is 10. The summed E-state index contributed by atoms with van der Waals surface area (Å²) in [6.45, 7) is 0. The summed E-state index contributed by atoms with van der Waals surface area (Å²) in [5.41, 5.74) is 10.1. The van der Waals surface area contributed by atoms with E-state index in [4.69, 9.17) is 9.97 Å². The average molecular weight is 669 g/mol. The fourth-order valence-electron chi connectivity index (χ4n) is 7.94. The van der Waals surface area contributed by atoms with E-state index >= 15 is 0 Å². The quantitative estimate of drug-likeness (QED) is 0.187. The number of rotatable bonds is 4. The molecule has 0 radical (unpaired) electrons. The van der Waals surface area contributed by atoms with E-state index in [-0.39, 0.29) is 0 Å². The topological polar surface area (TPSA) is 35.6 Å². The van der Waals surface area contributed by atoms with Crippen molar-refractivity contribution < 1.29 is 0 Å². The summed E-state index contributed by atoms with van der Waals surface area (Å²) in [6.07, 6.45) is 0. The molecule has 238 valence electrons. The third-order valence-electron chi connectivity index (χ3n) is 10.2. The van der Waals surface area contributed by atoms with Crippen molar-refractivity contribution in [2.24, 2.45) is 0 Å². The molecule has 0 aliphatic heterocycles. The van der Waals surface area contributed by atoms with Crippen molar-refractivity contribution >= 4 is 75.3 Å². The molecule has 4 nitrogen and oxygen atoms in total. The minimum Gasteiger partial charge on any atom is -0.309 e. The lowest BCUT2D eigenvalue weighted by molar-refractivity contribution is 1.02. The molecule has 0 aliphatic rings. The molecule has 0 saturated heterocycles. The van der Waals surface area contributed by atoms with Crippen LogP contribution in [-0.4, -0.2) is 19.1 Å². The molecule has 7 aromatic carbocycles. The molecule has 0 unspecified atom stereocenters. The molecule has 11 rings (SSSR count). The monoisotopic (exact) mass is 668 g/mol. The van der Waals surface area contributed by atoms with Gasteiger partial charge in [-0.25, -0.2) is 9.97 Å². The Bertz CT molecular complexity index is 3120. The summed E-state index contributed by atoms with van der Waals surface area (Å²) in [6, 6.07) is 60.6. The van der Waals surface area contributed by atoms with Crippen molar-refractivity contribution in [2.75, 3.05) is 0 Å². The Labute approximate surface area is 297 Å². The molecule has 5 heteroatoms. The van der Waals surface area contributed by atoms with Gasteiger partial charge in [0.15, 0.2) is 0 Å². The molecule has 51 heavy (non-hydrogen) atoms. The van der Waals surface area contributed by atoms with E-state index in [2.05, 4.69) is 179 Å². The maximum absolute atomic E-state index is 5.43. The van der Waals surface area contributed by atoms with Crippen LogP contribution in [0.1, 0.15) is 0 Å². The predicted molar refractivity (Wildman–Crippen MR) is 214 cm³/mol. The number of hydrogen-bond donors (Lipinski definition) is 0. The summed E-state index contributed by atoms with van der Waals surface area (Å²) in [5, 5.41) is 7.10. The smallest absolute Gasteiger partial charge is 0.236 e. The maximum Gasteiger partial charge on any atom is 0.236 e. The molecule has 4 heterocycles. The summed E-state index contributed by atoms with van der Waals surface area (Å²) >= 11 is 1.73. The molecule has 0 aliphatic carbocycles. The fraction of sp³-hybridized carbons (Fsp3) is 0. The van der Waals surface area contributed by atoms with E-state index in [9.17, 15) is 0 Å². The van der Waals surface area contributed by atoms with Gasteiger partial charge in [0.05, 0.1) is 27.8 Å². The van der Waals surface area contributed by atoms with E-state index in [1.807, 2.05) is 0 Å². The van der Waals surface area contributed by atoms with Crippen LogP contribution in [0, 0.1) is 0 Å².